The highest BCUT2D eigenvalue weighted by Gasteiger charge is 2.32. The lowest BCUT2D eigenvalue weighted by Gasteiger charge is -2.31. The van der Waals surface area contributed by atoms with Gasteiger partial charge < -0.3 is 10.1 Å². The lowest BCUT2D eigenvalue weighted by Crippen LogP contribution is -2.30. The van der Waals surface area contributed by atoms with Crippen LogP contribution in [-0.2, 0) is 14.6 Å². The number of aromatic nitrogens is 1. The average Bonchev–Trinajstić information content (AvgIpc) is 2.62. The van der Waals surface area contributed by atoms with E-state index in [1.807, 2.05) is 18.2 Å². The number of pyridine rings is 1. The Labute approximate surface area is 155 Å². The molecule has 1 aliphatic heterocycles. The summed E-state index contributed by atoms with van der Waals surface area (Å²) >= 11 is 0. The van der Waals surface area contributed by atoms with Gasteiger partial charge in [-0.05, 0) is 51.3 Å². The second-order valence-corrected chi connectivity index (χ2v) is 10.3. The van der Waals surface area contributed by atoms with Gasteiger partial charge in [0, 0.05) is 12.6 Å². The summed E-state index contributed by atoms with van der Waals surface area (Å²) in [6, 6.07) is 13.8. The molecule has 2 unspecified atom stereocenters. The van der Waals surface area contributed by atoms with Gasteiger partial charge in [-0.15, -0.1) is 0 Å². The van der Waals surface area contributed by atoms with Crippen molar-refractivity contribution >= 4 is 15.5 Å². The van der Waals surface area contributed by atoms with Crippen molar-refractivity contribution < 1.29 is 13.2 Å². The van der Waals surface area contributed by atoms with Crippen LogP contribution in [0.5, 0.6) is 0 Å². The fourth-order valence-corrected chi connectivity index (χ4v) is 4.07. The molecule has 1 N–H and O–H groups in total. The summed E-state index contributed by atoms with van der Waals surface area (Å²) in [7, 11) is -3.43. The van der Waals surface area contributed by atoms with E-state index >= 15 is 0 Å². The summed E-state index contributed by atoms with van der Waals surface area (Å²) in [5.74, 6) is 0. The van der Waals surface area contributed by atoms with Crippen LogP contribution in [0.15, 0.2) is 53.7 Å². The fraction of sp³-hybridized carbons (Fsp3) is 0.450. The largest absolute Gasteiger partial charge is 0.381 e. The van der Waals surface area contributed by atoms with Crippen molar-refractivity contribution in [2.24, 2.45) is 0 Å². The molecule has 0 aliphatic carbocycles. The molecule has 1 aromatic heterocycles. The molecule has 0 amide bonds. The molecule has 1 saturated heterocycles. The minimum Gasteiger partial charge on any atom is -0.381 e. The molecule has 0 radical (unpaired) electrons. The maximum absolute atomic E-state index is 12.5. The third-order valence-corrected chi connectivity index (χ3v) is 7.05. The van der Waals surface area contributed by atoms with Crippen molar-refractivity contribution in [1.29, 1.82) is 0 Å². The third-order valence-electron chi connectivity index (χ3n) is 4.64. The summed E-state index contributed by atoms with van der Waals surface area (Å²) < 4.78 is 29.9. The first-order chi connectivity index (χ1) is 12.3. The van der Waals surface area contributed by atoms with Crippen LogP contribution in [-0.4, -0.2) is 30.8 Å². The SMILES string of the molecule is CC(C)(C)S(=O)(=O)c1ccc(NC2CCOC(c3ccccc3)C2)cn1. The normalized spacial score (nSPS) is 21.3. The van der Waals surface area contributed by atoms with E-state index in [2.05, 4.69) is 22.4 Å². The monoisotopic (exact) mass is 374 g/mol. The Morgan fingerprint density at radius 2 is 1.85 bits per heavy atom. The molecule has 1 aromatic carbocycles. The van der Waals surface area contributed by atoms with Crippen LogP contribution in [0, 0.1) is 0 Å². The smallest absolute Gasteiger partial charge is 0.200 e. The zero-order valence-electron chi connectivity index (χ0n) is 15.5. The molecule has 0 saturated carbocycles. The van der Waals surface area contributed by atoms with Crippen molar-refractivity contribution in [3.05, 3.63) is 54.2 Å². The van der Waals surface area contributed by atoms with Gasteiger partial charge in [-0.25, -0.2) is 13.4 Å². The number of hydrogen-bond acceptors (Lipinski definition) is 5. The van der Waals surface area contributed by atoms with Crippen molar-refractivity contribution in [2.75, 3.05) is 11.9 Å². The number of benzene rings is 1. The van der Waals surface area contributed by atoms with Crippen LogP contribution < -0.4 is 5.32 Å². The Morgan fingerprint density at radius 3 is 2.46 bits per heavy atom. The van der Waals surface area contributed by atoms with Crippen LogP contribution in [0.2, 0.25) is 0 Å². The standard InChI is InChI=1S/C20H26N2O3S/c1-20(2,3)26(23,24)19-10-9-17(14-21-19)22-16-11-12-25-18(13-16)15-7-5-4-6-8-15/h4-10,14,16,18,22H,11-13H2,1-3H3. The molecule has 0 spiro atoms. The highest BCUT2D eigenvalue weighted by molar-refractivity contribution is 7.92. The predicted molar refractivity (Wildman–Crippen MR) is 103 cm³/mol. The second-order valence-electron chi connectivity index (χ2n) is 7.64. The Bertz CT molecular complexity index is 828. The number of sulfone groups is 1. The fourth-order valence-electron chi connectivity index (χ4n) is 3.00. The van der Waals surface area contributed by atoms with E-state index in [1.165, 1.54) is 5.56 Å². The van der Waals surface area contributed by atoms with Gasteiger partial charge in [0.15, 0.2) is 14.9 Å². The van der Waals surface area contributed by atoms with Gasteiger partial charge in [-0.3, -0.25) is 0 Å². The van der Waals surface area contributed by atoms with Crippen LogP contribution >= 0.6 is 0 Å². The lowest BCUT2D eigenvalue weighted by atomic mass is 9.97. The number of nitrogens with zero attached hydrogens (tertiary/aromatic N) is 1. The third kappa shape index (κ3) is 4.07. The molecule has 2 atom stereocenters. The molecule has 1 aliphatic rings. The van der Waals surface area contributed by atoms with E-state index < -0.39 is 14.6 Å². The minimum absolute atomic E-state index is 0.0796. The van der Waals surface area contributed by atoms with Gasteiger partial charge in [0.2, 0.25) is 0 Å². The molecule has 2 aromatic rings. The molecular formula is C20H26N2O3S. The first-order valence-electron chi connectivity index (χ1n) is 8.91. The van der Waals surface area contributed by atoms with Gasteiger partial charge in [0.25, 0.3) is 0 Å². The van der Waals surface area contributed by atoms with E-state index in [9.17, 15) is 8.42 Å². The summed E-state index contributed by atoms with van der Waals surface area (Å²) in [4.78, 5) is 4.18. The van der Waals surface area contributed by atoms with Gasteiger partial charge >= 0.3 is 0 Å². The molecule has 3 rings (SSSR count). The minimum atomic E-state index is -3.43. The first-order valence-corrected chi connectivity index (χ1v) is 10.4. The van der Waals surface area contributed by atoms with E-state index in [1.54, 1.807) is 39.1 Å². The number of hydrogen-bond donors (Lipinski definition) is 1. The Hall–Kier alpha value is -1.92. The molecule has 6 heteroatoms. The zero-order chi connectivity index (χ0) is 18.8. The van der Waals surface area contributed by atoms with Crippen molar-refractivity contribution in [2.45, 2.75) is 55.5 Å². The van der Waals surface area contributed by atoms with E-state index in [-0.39, 0.29) is 17.2 Å². The molecule has 1 fully saturated rings. The Balaban J connectivity index is 1.68. The van der Waals surface area contributed by atoms with E-state index in [4.69, 9.17) is 4.74 Å². The number of rotatable bonds is 4. The quantitative estimate of drug-likeness (QED) is 0.876. The molecule has 2 heterocycles. The molecule has 26 heavy (non-hydrogen) atoms. The van der Waals surface area contributed by atoms with Crippen LogP contribution in [0.1, 0.15) is 45.3 Å². The maximum atomic E-state index is 12.5. The average molecular weight is 375 g/mol. The summed E-state index contributed by atoms with van der Waals surface area (Å²) in [5.41, 5.74) is 2.01. The van der Waals surface area contributed by atoms with Gasteiger partial charge in [0.1, 0.15) is 0 Å². The van der Waals surface area contributed by atoms with Gasteiger partial charge in [0.05, 0.1) is 22.7 Å². The topological polar surface area (TPSA) is 68.3 Å². The maximum Gasteiger partial charge on any atom is 0.200 e. The second kappa shape index (κ2) is 7.37. The van der Waals surface area contributed by atoms with Crippen LogP contribution in [0.25, 0.3) is 0 Å². The first kappa shape index (κ1) is 18.9. The molecule has 0 bridgehead atoms. The molecule has 5 nitrogen and oxygen atoms in total. The summed E-state index contributed by atoms with van der Waals surface area (Å²) in [6.45, 7) is 5.74. The lowest BCUT2D eigenvalue weighted by molar-refractivity contribution is 0.00979. The van der Waals surface area contributed by atoms with Crippen LogP contribution in [0.4, 0.5) is 5.69 Å². The summed E-state index contributed by atoms with van der Waals surface area (Å²) in [6.07, 6.45) is 3.46. The zero-order valence-corrected chi connectivity index (χ0v) is 16.3. The Morgan fingerprint density at radius 1 is 1.12 bits per heavy atom. The van der Waals surface area contributed by atoms with Crippen LogP contribution in [0.3, 0.4) is 0 Å². The number of anilines is 1. The highest BCUT2D eigenvalue weighted by atomic mass is 32.2. The van der Waals surface area contributed by atoms with Crippen molar-refractivity contribution in [3.63, 3.8) is 0 Å². The summed E-state index contributed by atoms with van der Waals surface area (Å²) in [5, 5.41) is 3.58. The van der Waals surface area contributed by atoms with Crippen molar-refractivity contribution in [3.8, 4) is 0 Å². The van der Waals surface area contributed by atoms with E-state index in [0.717, 1.165) is 18.5 Å². The predicted octanol–water partition coefficient (Wildman–Crippen LogP) is 3.99. The van der Waals surface area contributed by atoms with Crippen molar-refractivity contribution in [1.82, 2.24) is 4.98 Å². The van der Waals surface area contributed by atoms with E-state index in [0.29, 0.717) is 6.61 Å². The highest BCUT2D eigenvalue weighted by Crippen LogP contribution is 2.30. The number of ether oxygens (including phenoxy) is 1. The number of nitrogens with one attached hydrogen (secondary N) is 1. The molecular weight excluding hydrogens is 348 g/mol. The van der Waals surface area contributed by atoms with Gasteiger partial charge in [-0.2, -0.15) is 0 Å². The van der Waals surface area contributed by atoms with Gasteiger partial charge in [-0.1, -0.05) is 30.3 Å². The molecule has 140 valence electrons. The Kier molecular flexibility index (Phi) is 5.34.